The Labute approximate surface area is 214 Å². The Morgan fingerprint density at radius 2 is 1.92 bits per heavy atom. The monoisotopic (exact) mass is 507 g/mol. The van der Waals surface area contributed by atoms with Gasteiger partial charge in [-0.25, -0.2) is 9.50 Å². The Morgan fingerprint density at radius 3 is 2.61 bits per heavy atom. The summed E-state index contributed by atoms with van der Waals surface area (Å²) in [6, 6.07) is 9.48. The number of aliphatic hydroxyl groups excluding tert-OH is 1. The molecule has 5 rings (SSSR count). The number of amides is 1. The van der Waals surface area contributed by atoms with E-state index in [9.17, 15) is 9.90 Å². The van der Waals surface area contributed by atoms with Crippen LogP contribution in [0.15, 0.2) is 55.2 Å². The number of hydrogen-bond donors (Lipinski definition) is 2. The molecular weight excluding hydrogens is 478 g/mol. The van der Waals surface area contributed by atoms with Crippen molar-refractivity contribution in [2.45, 2.75) is 45.4 Å². The molecule has 1 aromatic carbocycles. The zero-order chi connectivity index (χ0) is 25.4. The second kappa shape index (κ2) is 9.91. The van der Waals surface area contributed by atoms with Crippen LogP contribution < -0.4 is 10.2 Å². The molecule has 10 heteroatoms. The standard InChI is InChI=1S/C26H30ClN7O2/c1-4-23(18-5-7-22(27)8-6-18)31-26(36)21-11-32(12-21)25-24-9-19(13-34(24)30-15-28-25)20-10-29-33(14-20)16(2)17(3)35/h5-10,13-17,21,23,35H,4,11-12H2,1-3H3,(H,31,36)/t16-,17+,23-/m0/s1. The van der Waals surface area contributed by atoms with Crippen LogP contribution >= 0.6 is 11.6 Å². The third-order valence-corrected chi connectivity index (χ3v) is 7.24. The van der Waals surface area contributed by atoms with Crippen molar-refractivity contribution in [2.24, 2.45) is 5.92 Å². The highest BCUT2D eigenvalue weighted by molar-refractivity contribution is 6.30. The van der Waals surface area contributed by atoms with Crippen molar-refractivity contribution in [1.29, 1.82) is 0 Å². The quantitative estimate of drug-likeness (QED) is 0.375. The number of aliphatic hydroxyl groups is 1. The number of benzene rings is 1. The highest BCUT2D eigenvalue weighted by atomic mass is 35.5. The minimum atomic E-state index is -0.501. The highest BCUT2D eigenvalue weighted by Gasteiger charge is 2.35. The smallest absolute Gasteiger partial charge is 0.227 e. The Kier molecular flexibility index (Phi) is 6.68. The van der Waals surface area contributed by atoms with Gasteiger partial charge in [0.15, 0.2) is 5.82 Å². The van der Waals surface area contributed by atoms with Crippen molar-refractivity contribution in [3.8, 4) is 11.1 Å². The Balaban J connectivity index is 1.28. The van der Waals surface area contributed by atoms with Gasteiger partial charge in [-0.1, -0.05) is 30.7 Å². The molecule has 0 saturated carbocycles. The fourth-order valence-corrected chi connectivity index (χ4v) is 4.60. The molecule has 1 saturated heterocycles. The molecule has 0 unspecified atom stereocenters. The van der Waals surface area contributed by atoms with Gasteiger partial charge in [-0.05, 0) is 44.0 Å². The van der Waals surface area contributed by atoms with Crippen molar-refractivity contribution in [1.82, 2.24) is 29.7 Å². The summed E-state index contributed by atoms with van der Waals surface area (Å²) >= 11 is 6.01. The highest BCUT2D eigenvalue weighted by Crippen LogP contribution is 2.31. The van der Waals surface area contributed by atoms with Gasteiger partial charge < -0.3 is 15.3 Å². The average Bonchev–Trinajstić information content (AvgIpc) is 3.49. The third-order valence-electron chi connectivity index (χ3n) is 6.98. The molecule has 0 spiro atoms. The maximum absolute atomic E-state index is 12.9. The molecule has 0 aliphatic carbocycles. The number of carbonyl (C=O) groups excluding carboxylic acids is 1. The third kappa shape index (κ3) is 4.68. The summed E-state index contributed by atoms with van der Waals surface area (Å²) in [4.78, 5) is 19.6. The average molecular weight is 508 g/mol. The molecule has 3 aromatic heterocycles. The fraction of sp³-hybridized carbons (Fsp3) is 0.385. The topological polar surface area (TPSA) is 101 Å². The second-order valence-electron chi connectivity index (χ2n) is 9.46. The summed E-state index contributed by atoms with van der Waals surface area (Å²) in [6.07, 6.45) is 7.49. The zero-order valence-corrected chi connectivity index (χ0v) is 21.3. The van der Waals surface area contributed by atoms with E-state index in [1.165, 1.54) is 6.33 Å². The Bertz CT molecular complexity index is 1360. The number of halogens is 1. The SMILES string of the molecule is CC[C@H](NC(=O)C1CN(c2ncnn3cc(-c4cnn([C@@H](C)[C@@H](C)O)c4)cc23)C1)c1ccc(Cl)cc1. The molecule has 4 aromatic rings. The summed E-state index contributed by atoms with van der Waals surface area (Å²) in [6.45, 7) is 6.93. The summed E-state index contributed by atoms with van der Waals surface area (Å²) in [5.41, 5.74) is 3.82. The normalized spacial score (nSPS) is 16.5. The molecule has 0 radical (unpaired) electrons. The molecule has 188 valence electrons. The van der Waals surface area contributed by atoms with Gasteiger partial charge in [0.1, 0.15) is 11.8 Å². The van der Waals surface area contributed by atoms with Gasteiger partial charge in [-0.3, -0.25) is 9.48 Å². The van der Waals surface area contributed by atoms with Crippen LogP contribution in [0.4, 0.5) is 5.82 Å². The largest absolute Gasteiger partial charge is 0.391 e. The van der Waals surface area contributed by atoms with E-state index in [4.69, 9.17) is 11.6 Å². The van der Waals surface area contributed by atoms with E-state index >= 15 is 0 Å². The van der Waals surface area contributed by atoms with E-state index in [2.05, 4.69) is 32.3 Å². The summed E-state index contributed by atoms with van der Waals surface area (Å²) < 4.78 is 3.56. The predicted molar refractivity (Wildman–Crippen MR) is 139 cm³/mol. The Morgan fingerprint density at radius 1 is 1.17 bits per heavy atom. The van der Waals surface area contributed by atoms with Crippen LogP contribution in [0.3, 0.4) is 0 Å². The first-order chi connectivity index (χ1) is 17.3. The Hall–Kier alpha value is -3.43. The number of aromatic nitrogens is 5. The van der Waals surface area contributed by atoms with Gasteiger partial charge in [-0.2, -0.15) is 10.2 Å². The van der Waals surface area contributed by atoms with E-state index in [1.54, 1.807) is 22.3 Å². The number of anilines is 1. The van der Waals surface area contributed by atoms with Crippen molar-refractivity contribution in [3.63, 3.8) is 0 Å². The molecule has 0 bridgehead atoms. The molecule has 3 atom stereocenters. The fourth-order valence-electron chi connectivity index (χ4n) is 4.47. The van der Waals surface area contributed by atoms with Crippen LogP contribution in [-0.2, 0) is 4.79 Å². The predicted octanol–water partition coefficient (Wildman–Crippen LogP) is 3.89. The van der Waals surface area contributed by atoms with E-state index < -0.39 is 6.10 Å². The molecule has 1 fully saturated rings. The van der Waals surface area contributed by atoms with Gasteiger partial charge in [0.25, 0.3) is 0 Å². The van der Waals surface area contributed by atoms with Crippen molar-refractivity contribution < 1.29 is 9.90 Å². The number of fused-ring (bicyclic) bond motifs is 1. The van der Waals surface area contributed by atoms with Crippen LogP contribution in [0.2, 0.25) is 5.02 Å². The van der Waals surface area contributed by atoms with Gasteiger partial charge in [-0.15, -0.1) is 0 Å². The lowest BCUT2D eigenvalue weighted by atomic mass is 9.97. The number of carbonyl (C=O) groups is 1. The molecule has 1 aliphatic rings. The van der Waals surface area contributed by atoms with Crippen LogP contribution in [0.5, 0.6) is 0 Å². The first-order valence-corrected chi connectivity index (χ1v) is 12.6. The van der Waals surface area contributed by atoms with Crippen LogP contribution in [-0.4, -0.2) is 54.6 Å². The van der Waals surface area contributed by atoms with Gasteiger partial charge in [0.2, 0.25) is 5.91 Å². The van der Waals surface area contributed by atoms with Gasteiger partial charge >= 0.3 is 0 Å². The molecular formula is C26H30ClN7O2. The summed E-state index contributed by atoms with van der Waals surface area (Å²) in [5, 5.41) is 22.5. The molecule has 36 heavy (non-hydrogen) atoms. The maximum Gasteiger partial charge on any atom is 0.227 e. The number of hydrogen-bond acceptors (Lipinski definition) is 6. The minimum absolute atomic E-state index is 0.0415. The van der Waals surface area contributed by atoms with Gasteiger partial charge in [0, 0.05) is 41.6 Å². The number of rotatable bonds is 8. The first kappa shape index (κ1) is 24.3. The van der Waals surface area contributed by atoms with Crippen LogP contribution in [0.25, 0.3) is 16.6 Å². The molecule has 9 nitrogen and oxygen atoms in total. The minimum Gasteiger partial charge on any atom is -0.391 e. The number of nitrogens with one attached hydrogen (secondary N) is 1. The van der Waals surface area contributed by atoms with E-state index in [-0.39, 0.29) is 23.9 Å². The lowest BCUT2D eigenvalue weighted by Gasteiger charge is -2.39. The number of nitrogens with zero attached hydrogens (tertiary/aromatic N) is 6. The molecule has 4 heterocycles. The maximum atomic E-state index is 12.9. The van der Waals surface area contributed by atoms with Gasteiger partial charge in [0.05, 0.1) is 30.3 Å². The summed E-state index contributed by atoms with van der Waals surface area (Å²) in [7, 11) is 0. The lowest BCUT2D eigenvalue weighted by molar-refractivity contribution is -0.126. The molecule has 1 amide bonds. The van der Waals surface area contributed by atoms with Crippen molar-refractivity contribution in [2.75, 3.05) is 18.0 Å². The molecule has 1 aliphatic heterocycles. The van der Waals surface area contributed by atoms with Crippen molar-refractivity contribution in [3.05, 3.63) is 65.8 Å². The van der Waals surface area contributed by atoms with Crippen LogP contribution in [0, 0.1) is 5.92 Å². The van der Waals surface area contributed by atoms with E-state index in [1.807, 2.05) is 49.6 Å². The zero-order valence-electron chi connectivity index (χ0n) is 20.5. The molecule has 2 N–H and O–H groups in total. The van der Waals surface area contributed by atoms with E-state index in [0.29, 0.717) is 18.1 Å². The van der Waals surface area contributed by atoms with E-state index in [0.717, 1.165) is 34.4 Å². The van der Waals surface area contributed by atoms with Crippen molar-refractivity contribution >= 4 is 28.8 Å². The first-order valence-electron chi connectivity index (χ1n) is 12.2. The summed E-state index contributed by atoms with van der Waals surface area (Å²) in [5.74, 6) is 0.750. The lowest BCUT2D eigenvalue weighted by Crippen LogP contribution is -2.54. The second-order valence-corrected chi connectivity index (χ2v) is 9.89. The van der Waals surface area contributed by atoms with Crippen LogP contribution in [0.1, 0.15) is 44.8 Å².